The largest absolute Gasteiger partial charge is 0.279 e. The number of amides is 1. The minimum Gasteiger partial charge on any atom is -0.279 e. The Morgan fingerprint density at radius 2 is 1.90 bits per heavy atom. The molecule has 6 nitrogen and oxygen atoms in total. The van der Waals surface area contributed by atoms with Crippen LogP contribution in [0.15, 0.2) is 66.7 Å². The first-order chi connectivity index (χ1) is 14.4. The van der Waals surface area contributed by atoms with Crippen LogP contribution in [0.5, 0.6) is 0 Å². The number of hydrogen-bond donors (Lipinski definition) is 0. The quantitative estimate of drug-likeness (QED) is 0.283. The highest BCUT2D eigenvalue weighted by Gasteiger charge is 2.25. The monoisotopic (exact) mass is 437 g/mol. The Labute approximate surface area is 181 Å². The number of fused-ring (bicyclic) bond motifs is 1. The van der Waals surface area contributed by atoms with Crippen LogP contribution in [0.2, 0.25) is 5.02 Å². The molecular weight excluding hydrogens is 422 g/mol. The number of thiazole rings is 1. The van der Waals surface area contributed by atoms with Gasteiger partial charge >= 0.3 is 0 Å². The summed E-state index contributed by atoms with van der Waals surface area (Å²) in [4.78, 5) is 30.4. The van der Waals surface area contributed by atoms with Crippen LogP contribution >= 0.6 is 22.9 Å². The summed E-state index contributed by atoms with van der Waals surface area (Å²) in [6.45, 7) is 2.23. The number of carbonyl (C=O) groups excluding carboxylic acids is 1. The van der Waals surface area contributed by atoms with Crippen LogP contribution in [0.1, 0.15) is 21.5 Å². The van der Waals surface area contributed by atoms with Crippen LogP contribution < -0.4 is 4.90 Å². The molecule has 0 aliphatic rings. The molecule has 8 heteroatoms. The molecule has 0 unspecified atom stereocenters. The minimum atomic E-state index is -0.546. The molecule has 1 aromatic heterocycles. The lowest BCUT2D eigenvalue weighted by atomic mass is 10.1. The number of hydrogen-bond acceptors (Lipinski definition) is 5. The van der Waals surface area contributed by atoms with E-state index in [9.17, 15) is 14.9 Å². The zero-order valence-electron chi connectivity index (χ0n) is 15.9. The van der Waals surface area contributed by atoms with Crippen molar-refractivity contribution in [2.24, 2.45) is 0 Å². The molecule has 0 bridgehead atoms. The standard InChI is InChI=1S/C22H16ClN3O3S/c1-14-6-5-9-19-20(14)24-22(30-19)25(13-15-7-3-2-4-8-15)21(27)17-12-16(26(28)29)10-11-18(17)23/h2-12H,13H2,1H3. The van der Waals surface area contributed by atoms with Crippen molar-refractivity contribution in [3.05, 3.63) is 98.6 Å². The number of non-ortho nitro benzene ring substituents is 1. The van der Waals surface area contributed by atoms with E-state index in [0.717, 1.165) is 21.3 Å². The highest BCUT2D eigenvalue weighted by Crippen LogP contribution is 2.33. The summed E-state index contributed by atoms with van der Waals surface area (Å²) in [5.41, 5.74) is 2.62. The summed E-state index contributed by atoms with van der Waals surface area (Å²) in [6.07, 6.45) is 0. The summed E-state index contributed by atoms with van der Waals surface area (Å²) >= 11 is 7.64. The van der Waals surface area contributed by atoms with E-state index in [1.165, 1.54) is 34.4 Å². The fourth-order valence-electron chi connectivity index (χ4n) is 3.12. The molecule has 0 aliphatic heterocycles. The first-order valence-electron chi connectivity index (χ1n) is 9.10. The van der Waals surface area contributed by atoms with E-state index >= 15 is 0 Å². The van der Waals surface area contributed by atoms with E-state index in [-0.39, 0.29) is 22.8 Å². The van der Waals surface area contributed by atoms with Crippen LogP contribution in [-0.4, -0.2) is 15.8 Å². The van der Waals surface area contributed by atoms with Gasteiger partial charge in [0.05, 0.1) is 32.3 Å². The Kier molecular flexibility index (Phi) is 5.48. The molecule has 3 aromatic carbocycles. The average molecular weight is 438 g/mol. The van der Waals surface area contributed by atoms with Gasteiger partial charge in [-0.3, -0.25) is 19.8 Å². The van der Waals surface area contributed by atoms with E-state index in [1.807, 2.05) is 55.5 Å². The highest BCUT2D eigenvalue weighted by molar-refractivity contribution is 7.22. The third-order valence-electron chi connectivity index (χ3n) is 4.66. The number of anilines is 1. The number of nitrogens with zero attached hydrogens (tertiary/aromatic N) is 3. The molecular formula is C22H16ClN3O3S. The number of aromatic nitrogens is 1. The first-order valence-corrected chi connectivity index (χ1v) is 10.3. The van der Waals surface area contributed by atoms with Gasteiger partial charge in [-0.1, -0.05) is 65.4 Å². The lowest BCUT2D eigenvalue weighted by molar-refractivity contribution is -0.384. The lowest BCUT2D eigenvalue weighted by Crippen LogP contribution is -2.30. The Hall–Kier alpha value is -3.29. The topological polar surface area (TPSA) is 76.3 Å². The molecule has 0 saturated heterocycles. The lowest BCUT2D eigenvalue weighted by Gasteiger charge is -2.20. The SMILES string of the molecule is Cc1cccc2sc(N(Cc3ccccc3)C(=O)c3cc([N+](=O)[O-])ccc3Cl)nc12. The van der Waals surface area contributed by atoms with Crippen molar-refractivity contribution in [3.63, 3.8) is 0 Å². The van der Waals surface area contributed by atoms with E-state index < -0.39 is 10.8 Å². The summed E-state index contributed by atoms with van der Waals surface area (Å²) in [6, 6.07) is 19.2. The maximum absolute atomic E-state index is 13.5. The predicted octanol–water partition coefficient (Wildman–Crippen LogP) is 6.01. The number of benzene rings is 3. The summed E-state index contributed by atoms with van der Waals surface area (Å²) < 4.78 is 0.959. The van der Waals surface area contributed by atoms with Crippen molar-refractivity contribution in [1.29, 1.82) is 0 Å². The Morgan fingerprint density at radius 3 is 2.60 bits per heavy atom. The second-order valence-electron chi connectivity index (χ2n) is 6.72. The molecule has 0 N–H and O–H groups in total. The van der Waals surface area contributed by atoms with Gasteiger partial charge in [0.25, 0.3) is 11.6 Å². The highest BCUT2D eigenvalue weighted by atomic mass is 35.5. The summed E-state index contributed by atoms with van der Waals surface area (Å²) in [7, 11) is 0. The van der Waals surface area contributed by atoms with Gasteiger partial charge in [0, 0.05) is 12.1 Å². The average Bonchev–Trinajstić information content (AvgIpc) is 3.18. The molecule has 0 fully saturated rings. The van der Waals surface area contributed by atoms with Gasteiger partial charge in [0.1, 0.15) is 0 Å². The third-order valence-corrected chi connectivity index (χ3v) is 6.03. The van der Waals surface area contributed by atoms with Crippen molar-refractivity contribution in [2.75, 3.05) is 4.90 Å². The first kappa shape index (κ1) is 20.0. The Bertz CT molecular complexity index is 1260. The van der Waals surface area contributed by atoms with E-state index in [2.05, 4.69) is 4.98 Å². The van der Waals surface area contributed by atoms with Crippen molar-refractivity contribution < 1.29 is 9.72 Å². The second-order valence-corrected chi connectivity index (χ2v) is 8.13. The maximum atomic E-state index is 13.5. The van der Waals surface area contributed by atoms with Crippen LogP contribution in [0.3, 0.4) is 0 Å². The molecule has 4 rings (SSSR count). The van der Waals surface area contributed by atoms with Gasteiger partial charge in [-0.2, -0.15) is 0 Å². The Balaban J connectivity index is 1.82. The smallest absolute Gasteiger partial charge is 0.270 e. The van der Waals surface area contributed by atoms with E-state index in [0.29, 0.717) is 5.13 Å². The summed E-state index contributed by atoms with van der Waals surface area (Å²) in [5, 5.41) is 11.9. The van der Waals surface area contributed by atoms with Gasteiger partial charge in [0.2, 0.25) is 0 Å². The van der Waals surface area contributed by atoms with Gasteiger partial charge in [-0.05, 0) is 30.2 Å². The summed E-state index contributed by atoms with van der Waals surface area (Å²) in [5.74, 6) is -0.440. The van der Waals surface area contributed by atoms with Gasteiger partial charge in [0.15, 0.2) is 5.13 Å². The van der Waals surface area contributed by atoms with E-state index in [4.69, 9.17) is 11.6 Å². The van der Waals surface area contributed by atoms with Crippen LogP contribution in [0.4, 0.5) is 10.8 Å². The van der Waals surface area contributed by atoms with Gasteiger partial charge in [-0.25, -0.2) is 4.98 Å². The minimum absolute atomic E-state index is 0.0674. The zero-order valence-corrected chi connectivity index (χ0v) is 17.5. The van der Waals surface area contributed by atoms with Crippen LogP contribution in [-0.2, 0) is 6.54 Å². The third kappa shape index (κ3) is 3.90. The molecule has 0 aliphatic carbocycles. The second kappa shape index (κ2) is 8.22. The van der Waals surface area contributed by atoms with Gasteiger partial charge in [-0.15, -0.1) is 0 Å². The van der Waals surface area contributed by atoms with Crippen LogP contribution in [0, 0.1) is 17.0 Å². The molecule has 30 heavy (non-hydrogen) atoms. The Morgan fingerprint density at radius 1 is 1.13 bits per heavy atom. The van der Waals surface area contributed by atoms with Crippen molar-refractivity contribution >= 4 is 49.9 Å². The molecule has 1 amide bonds. The molecule has 0 radical (unpaired) electrons. The number of nitro benzene ring substituents is 1. The molecule has 0 spiro atoms. The van der Waals surface area contributed by atoms with Crippen molar-refractivity contribution in [3.8, 4) is 0 Å². The number of rotatable bonds is 5. The molecule has 4 aromatic rings. The van der Waals surface area contributed by atoms with Crippen molar-refractivity contribution in [1.82, 2.24) is 4.98 Å². The van der Waals surface area contributed by atoms with Crippen LogP contribution in [0.25, 0.3) is 10.2 Å². The number of halogens is 1. The zero-order chi connectivity index (χ0) is 21.3. The molecule has 150 valence electrons. The number of aryl methyl sites for hydroxylation is 1. The predicted molar refractivity (Wildman–Crippen MR) is 119 cm³/mol. The maximum Gasteiger partial charge on any atom is 0.270 e. The number of carbonyl (C=O) groups is 1. The fourth-order valence-corrected chi connectivity index (χ4v) is 4.36. The number of para-hydroxylation sites is 1. The fraction of sp³-hybridized carbons (Fsp3) is 0.0909. The van der Waals surface area contributed by atoms with Crippen molar-refractivity contribution in [2.45, 2.75) is 13.5 Å². The number of nitro groups is 1. The van der Waals surface area contributed by atoms with Gasteiger partial charge < -0.3 is 0 Å². The molecule has 1 heterocycles. The van der Waals surface area contributed by atoms with E-state index in [1.54, 1.807) is 0 Å². The molecule has 0 saturated carbocycles. The normalized spacial score (nSPS) is 10.9. The molecule has 0 atom stereocenters.